The monoisotopic (exact) mass is 342 g/mol. The van der Waals surface area contributed by atoms with E-state index in [2.05, 4.69) is 26.7 Å². The average molecular weight is 342 g/mol. The van der Waals surface area contributed by atoms with Gasteiger partial charge in [-0.15, -0.1) is 0 Å². The third-order valence-electron chi connectivity index (χ3n) is 3.49. The number of ether oxygens (including phenoxy) is 2. The van der Waals surface area contributed by atoms with Gasteiger partial charge in [0.15, 0.2) is 5.96 Å². The number of aliphatic imine (C=N–C) groups is 1. The summed E-state index contributed by atoms with van der Waals surface area (Å²) >= 11 is 0. The zero-order valence-corrected chi connectivity index (χ0v) is 15.1. The van der Waals surface area contributed by atoms with E-state index in [4.69, 9.17) is 9.47 Å². The highest BCUT2D eigenvalue weighted by molar-refractivity contribution is 5.79. The molecule has 6 nitrogen and oxygen atoms in total. The molecule has 0 fully saturated rings. The van der Waals surface area contributed by atoms with E-state index < -0.39 is 0 Å². The van der Waals surface area contributed by atoms with E-state index in [9.17, 15) is 0 Å². The number of pyridine rings is 1. The number of aryl methyl sites for hydroxylation is 1. The highest BCUT2D eigenvalue weighted by Gasteiger charge is 2.04. The lowest BCUT2D eigenvalue weighted by Crippen LogP contribution is -2.39. The molecule has 0 atom stereocenters. The van der Waals surface area contributed by atoms with E-state index in [0.29, 0.717) is 19.7 Å². The van der Waals surface area contributed by atoms with Gasteiger partial charge in [-0.05, 0) is 37.6 Å². The summed E-state index contributed by atoms with van der Waals surface area (Å²) in [6, 6.07) is 9.87. The maximum atomic E-state index is 5.62. The molecule has 0 aliphatic carbocycles. The van der Waals surface area contributed by atoms with E-state index in [-0.39, 0.29) is 0 Å². The molecule has 0 aliphatic heterocycles. The second-order valence-corrected chi connectivity index (χ2v) is 5.47. The Morgan fingerprint density at radius 3 is 2.84 bits per heavy atom. The van der Waals surface area contributed by atoms with Gasteiger partial charge in [-0.25, -0.2) is 4.99 Å². The van der Waals surface area contributed by atoms with Crippen LogP contribution in [0.2, 0.25) is 0 Å². The average Bonchev–Trinajstić information content (AvgIpc) is 2.64. The van der Waals surface area contributed by atoms with Crippen LogP contribution < -0.4 is 20.1 Å². The zero-order valence-electron chi connectivity index (χ0n) is 15.1. The first kappa shape index (κ1) is 18.6. The van der Waals surface area contributed by atoms with Crippen LogP contribution >= 0.6 is 0 Å². The summed E-state index contributed by atoms with van der Waals surface area (Å²) in [6.45, 7) is 6.59. The maximum Gasteiger partial charge on any atom is 0.191 e. The number of nitrogens with one attached hydrogen (secondary N) is 2. The number of methoxy groups -OCH3 is 1. The maximum absolute atomic E-state index is 5.62. The fraction of sp³-hybridized carbons (Fsp3) is 0.368. The third kappa shape index (κ3) is 6.33. The number of hydrogen-bond acceptors (Lipinski definition) is 4. The number of guanidine groups is 1. The van der Waals surface area contributed by atoms with E-state index in [0.717, 1.165) is 29.6 Å². The van der Waals surface area contributed by atoms with Crippen LogP contribution in [0.5, 0.6) is 11.5 Å². The Morgan fingerprint density at radius 2 is 2.12 bits per heavy atom. The summed E-state index contributed by atoms with van der Waals surface area (Å²) in [7, 11) is 1.68. The van der Waals surface area contributed by atoms with Gasteiger partial charge in [0.2, 0.25) is 0 Å². The van der Waals surface area contributed by atoms with Gasteiger partial charge in [0.1, 0.15) is 18.1 Å². The van der Waals surface area contributed by atoms with Crippen molar-refractivity contribution in [1.29, 1.82) is 0 Å². The number of hydrogen-bond donors (Lipinski definition) is 2. The van der Waals surface area contributed by atoms with Crippen LogP contribution in [0.3, 0.4) is 0 Å². The molecule has 6 heteroatoms. The molecule has 2 N–H and O–H groups in total. The first-order valence-corrected chi connectivity index (χ1v) is 8.41. The van der Waals surface area contributed by atoms with Crippen LogP contribution in [0.4, 0.5) is 0 Å². The summed E-state index contributed by atoms with van der Waals surface area (Å²) < 4.78 is 11.0. The Bertz CT molecular complexity index is 674. The van der Waals surface area contributed by atoms with Crippen LogP contribution in [-0.4, -0.2) is 37.7 Å². The van der Waals surface area contributed by atoms with Gasteiger partial charge in [-0.1, -0.05) is 12.1 Å². The van der Waals surface area contributed by atoms with Gasteiger partial charge in [0.05, 0.1) is 26.4 Å². The molecule has 25 heavy (non-hydrogen) atoms. The van der Waals surface area contributed by atoms with E-state index in [1.165, 1.54) is 5.56 Å². The first-order chi connectivity index (χ1) is 12.2. The molecule has 0 spiro atoms. The molecule has 0 amide bonds. The summed E-state index contributed by atoms with van der Waals surface area (Å²) in [6.07, 6.45) is 3.42. The third-order valence-corrected chi connectivity index (χ3v) is 3.49. The fourth-order valence-corrected chi connectivity index (χ4v) is 2.26. The summed E-state index contributed by atoms with van der Waals surface area (Å²) in [5, 5.41) is 6.49. The number of rotatable bonds is 8. The van der Waals surface area contributed by atoms with Gasteiger partial charge in [0, 0.05) is 18.3 Å². The topological polar surface area (TPSA) is 67.8 Å². The Balaban J connectivity index is 1.87. The second kappa shape index (κ2) is 10.2. The molecule has 0 saturated carbocycles. The number of nitrogens with zero attached hydrogens (tertiary/aromatic N) is 2. The Labute approximate surface area is 149 Å². The normalized spacial score (nSPS) is 11.1. The predicted octanol–water partition coefficient (Wildman–Crippen LogP) is 2.53. The van der Waals surface area contributed by atoms with Crippen molar-refractivity contribution in [2.45, 2.75) is 20.4 Å². The number of benzene rings is 1. The Hall–Kier alpha value is -2.76. The molecule has 0 saturated heterocycles. The van der Waals surface area contributed by atoms with Crippen molar-refractivity contribution in [2.75, 3.05) is 26.8 Å². The molecule has 1 aromatic heterocycles. The van der Waals surface area contributed by atoms with Crippen LogP contribution in [0.1, 0.15) is 18.1 Å². The highest BCUT2D eigenvalue weighted by atomic mass is 16.5. The lowest BCUT2D eigenvalue weighted by atomic mass is 10.1. The molecule has 2 aromatic rings. The largest absolute Gasteiger partial charge is 0.496 e. The molecule has 2 rings (SSSR count). The van der Waals surface area contributed by atoms with Crippen molar-refractivity contribution in [3.05, 3.63) is 53.9 Å². The van der Waals surface area contributed by atoms with Crippen molar-refractivity contribution in [3.8, 4) is 11.5 Å². The van der Waals surface area contributed by atoms with E-state index in [1.807, 2.05) is 38.1 Å². The molecule has 134 valence electrons. The molecular weight excluding hydrogens is 316 g/mol. The minimum absolute atomic E-state index is 0.532. The zero-order chi connectivity index (χ0) is 17.9. The van der Waals surface area contributed by atoms with Gasteiger partial charge in [0.25, 0.3) is 0 Å². The summed E-state index contributed by atoms with van der Waals surface area (Å²) in [4.78, 5) is 8.63. The molecule has 1 heterocycles. The van der Waals surface area contributed by atoms with E-state index >= 15 is 0 Å². The molecular formula is C19H26N4O2. The lowest BCUT2D eigenvalue weighted by molar-refractivity contribution is 0.320. The number of aromatic nitrogens is 1. The van der Waals surface area contributed by atoms with Crippen molar-refractivity contribution in [3.63, 3.8) is 0 Å². The lowest BCUT2D eigenvalue weighted by Gasteiger charge is -2.13. The van der Waals surface area contributed by atoms with Crippen LogP contribution in [0.25, 0.3) is 0 Å². The van der Waals surface area contributed by atoms with Crippen LogP contribution in [-0.2, 0) is 6.54 Å². The standard InChI is InChI=1S/C19H26N4O2/c1-4-21-19(22-10-11-25-17-6-5-9-20-14-17)23-13-16-8-7-15(2)12-18(16)24-3/h5-9,12,14H,4,10-11,13H2,1-3H3,(H2,21,22,23). The van der Waals surface area contributed by atoms with Gasteiger partial charge >= 0.3 is 0 Å². The van der Waals surface area contributed by atoms with Gasteiger partial charge in [-0.2, -0.15) is 0 Å². The predicted molar refractivity (Wildman–Crippen MR) is 100 cm³/mol. The van der Waals surface area contributed by atoms with Gasteiger partial charge < -0.3 is 20.1 Å². The second-order valence-electron chi connectivity index (χ2n) is 5.47. The smallest absolute Gasteiger partial charge is 0.191 e. The molecule has 0 bridgehead atoms. The van der Waals surface area contributed by atoms with E-state index in [1.54, 1.807) is 19.5 Å². The Morgan fingerprint density at radius 1 is 1.24 bits per heavy atom. The highest BCUT2D eigenvalue weighted by Crippen LogP contribution is 2.20. The minimum atomic E-state index is 0.532. The SMILES string of the molecule is CCNC(=NCc1ccc(C)cc1OC)NCCOc1cccnc1. The summed E-state index contributed by atoms with van der Waals surface area (Å²) in [5.41, 5.74) is 2.22. The quantitative estimate of drug-likeness (QED) is 0.438. The Kier molecular flexibility index (Phi) is 7.56. The van der Waals surface area contributed by atoms with Crippen LogP contribution in [0.15, 0.2) is 47.7 Å². The van der Waals surface area contributed by atoms with Crippen molar-refractivity contribution in [1.82, 2.24) is 15.6 Å². The fourth-order valence-electron chi connectivity index (χ4n) is 2.26. The molecule has 0 radical (unpaired) electrons. The molecule has 0 aliphatic rings. The first-order valence-electron chi connectivity index (χ1n) is 8.41. The summed E-state index contributed by atoms with van der Waals surface area (Å²) in [5.74, 6) is 2.37. The molecule has 1 aromatic carbocycles. The van der Waals surface area contributed by atoms with Gasteiger partial charge in [-0.3, -0.25) is 4.98 Å². The van der Waals surface area contributed by atoms with Crippen LogP contribution in [0, 0.1) is 6.92 Å². The van der Waals surface area contributed by atoms with Crippen molar-refractivity contribution in [2.24, 2.45) is 4.99 Å². The minimum Gasteiger partial charge on any atom is -0.496 e. The molecule has 0 unspecified atom stereocenters. The van der Waals surface area contributed by atoms with Crippen molar-refractivity contribution >= 4 is 5.96 Å². The van der Waals surface area contributed by atoms with Crippen molar-refractivity contribution < 1.29 is 9.47 Å².